The van der Waals surface area contributed by atoms with Gasteiger partial charge in [0.25, 0.3) is 0 Å². The van der Waals surface area contributed by atoms with Gasteiger partial charge in [0.15, 0.2) is 0 Å². The van der Waals surface area contributed by atoms with Crippen LogP contribution in [0, 0.1) is 11.7 Å². The van der Waals surface area contributed by atoms with Crippen LogP contribution >= 0.6 is 0 Å². The molecule has 0 saturated heterocycles. The van der Waals surface area contributed by atoms with Crippen molar-refractivity contribution in [1.82, 2.24) is 4.90 Å². The Labute approximate surface area is 111 Å². The van der Waals surface area contributed by atoms with Crippen LogP contribution in [0.15, 0.2) is 24.3 Å². The number of amides is 1. The van der Waals surface area contributed by atoms with Crippen molar-refractivity contribution >= 4 is 11.9 Å². The van der Waals surface area contributed by atoms with E-state index in [1.54, 1.807) is 32.2 Å². The van der Waals surface area contributed by atoms with Gasteiger partial charge in [-0.2, -0.15) is 0 Å². The molecule has 1 amide bonds. The van der Waals surface area contributed by atoms with Crippen LogP contribution < -0.4 is 0 Å². The number of hydrogen-bond donors (Lipinski definition) is 1. The number of aliphatic carboxylic acids is 1. The predicted molar refractivity (Wildman–Crippen MR) is 68.9 cm³/mol. The highest BCUT2D eigenvalue weighted by atomic mass is 19.1. The molecule has 0 heterocycles. The van der Waals surface area contributed by atoms with Crippen LogP contribution in [0.4, 0.5) is 4.39 Å². The Bertz CT molecular complexity index is 462. The van der Waals surface area contributed by atoms with E-state index in [2.05, 4.69) is 0 Å². The fraction of sp³-hybridized carbons (Fsp3) is 0.429. The monoisotopic (exact) mass is 267 g/mol. The number of benzene rings is 1. The molecule has 0 aromatic heterocycles. The zero-order chi connectivity index (χ0) is 14.4. The van der Waals surface area contributed by atoms with Crippen LogP contribution in [0.3, 0.4) is 0 Å². The largest absolute Gasteiger partial charge is 0.481 e. The Hall–Kier alpha value is -1.91. The Morgan fingerprint density at radius 2 is 1.95 bits per heavy atom. The van der Waals surface area contributed by atoms with Crippen molar-refractivity contribution in [3.05, 3.63) is 35.6 Å². The van der Waals surface area contributed by atoms with Gasteiger partial charge in [0.1, 0.15) is 5.82 Å². The Morgan fingerprint density at radius 3 is 2.53 bits per heavy atom. The zero-order valence-corrected chi connectivity index (χ0v) is 11.1. The van der Waals surface area contributed by atoms with Crippen molar-refractivity contribution in [2.24, 2.45) is 5.92 Å². The topological polar surface area (TPSA) is 57.6 Å². The second-order valence-corrected chi connectivity index (χ2v) is 4.75. The summed E-state index contributed by atoms with van der Waals surface area (Å²) in [5, 5.41) is 8.63. The molecule has 0 fully saturated rings. The van der Waals surface area contributed by atoms with Gasteiger partial charge < -0.3 is 10.0 Å². The summed E-state index contributed by atoms with van der Waals surface area (Å²) in [6, 6.07) is 6.28. The molecule has 1 rings (SSSR count). The highest BCUT2D eigenvalue weighted by molar-refractivity contribution is 5.77. The lowest BCUT2D eigenvalue weighted by Crippen LogP contribution is -2.28. The molecule has 0 aliphatic heterocycles. The number of nitrogens with zero attached hydrogens (tertiary/aromatic N) is 1. The Balaban J connectivity index is 2.54. The minimum Gasteiger partial charge on any atom is -0.481 e. The van der Waals surface area contributed by atoms with Crippen molar-refractivity contribution < 1.29 is 19.1 Å². The van der Waals surface area contributed by atoms with E-state index >= 15 is 0 Å². The van der Waals surface area contributed by atoms with Gasteiger partial charge in [0.2, 0.25) is 5.91 Å². The van der Waals surface area contributed by atoms with Gasteiger partial charge in [0, 0.05) is 32.0 Å². The molecule has 1 aromatic rings. The molecule has 0 aliphatic rings. The van der Waals surface area contributed by atoms with Gasteiger partial charge >= 0.3 is 5.97 Å². The molecule has 1 N–H and O–H groups in total. The minimum absolute atomic E-state index is 0.0424. The first-order valence-corrected chi connectivity index (χ1v) is 6.09. The van der Waals surface area contributed by atoms with Gasteiger partial charge in [0.05, 0.1) is 0 Å². The van der Waals surface area contributed by atoms with Crippen molar-refractivity contribution in [2.75, 3.05) is 7.05 Å². The molecular formula is C14H18FNO3. The fourth-order valence-electron chi connectivity index (χ4n) is 1.79. The number of rotatable bonds is 6. The molecule has 0 aliphatic carbocycles. The molecule has 0 radical (unpaired) electrons. The van der Waals surface area contributed by atoms with Crippen LogP contribution in [-0.2, 0) is 16.1 Å². The summed E-state index contributed by atoms with van der Waals surface area (Å²) in [5.74, 6) is -1.68. The Morgan fingerprint density at radius 1 is 1.32 bits per heavy atom. The van der Waals surface area contributed by atoms with E-state index < -0.39 is 5.97 Å². The zero-order valence-electron chi connectivity index (χ0n) is 11.1. The predicted octanol–water partition coefficient (Wildman–Crippen LogP) is 2.29. The van der Waals surface area contributed by atoms with Crippen LogP contribution in [0.5, 0.6) is 0 Å². The summed E-state index contributed by atoms with van der Waals surface area (Å²) < 4.78 is 13.4. The second-order valence-electron chi connectivity index (χ2n) is 4.75. The van der Waals surface area contributed by atoms with Crippen LogP contribution in [-0.4, -0.2) is 28.9 Å². The van der Waals surface area contributed by atoms with E-state index in [9.17, 15) is 14.0 Å². The number of carboxylic acid groups (broad SMARTS) is 1. The molecule has 0 saturated carbocycles. The maximum atomic E-state index is 13.4. The third-order valence-electron chi connectivity index (χ3n) is 2.84. The summed E-state index contributed by atoms with van der Waals surface area (Å²) in [6.07, 6.45) is 0.108. The molecule has 0 spiro atoms. The molecule has 0 bridgehead atoms. The quantitative estimate of drug-likeness (QED) is 0.860. The average Bonchev–Trinajstić information content (AvgIpc) is 2.30. The number of carbonyl (C=O) groups excluding carboxylic acids is 1. The SMILES string of the molecule is CC(CC(=O)O)CC(=O)N(C)Cc1ccccc1F. The molecule has 4 nitrogen and oxygen atoms in total. The summed E-state index contributed by atoms with van der Waals surface area (Å²) in [4.78, 5) is 23.8. The summed E-state index contributed by atoms with van der Waals surface area (Å²) in [6.45, 7) is 1.90. The molecule has 104 valence electrons. The van der Waals surface area contributed by atoms with Crippen molar-refractivity contribution in [1.29, 1.82) is 0 Å². The normalized spacial score (nSPS) is 11.9. The van der Waals surface area contributed by atoms with E-state index in [0.717, 1.165) is 0 Å². The summed E-state index contributed by atoms with van der Waals surface area (Å²) >= 11 is 0. The van der Waals surface area contributed by atoms with E-state index in [-0.39, 0.29) is 37.0 Å². The number of hydrogen-bond acceptors (Lipinski definition) is 2. The van der Waals surface area contributed by atoms with Gasteiger partial charge in [-0.25, -0.2) is 4.39 Å². The van der Waals surface area contributed by atoms with E-state index in [0.29, 0.717) is 5.56 Å². The third-order valence-corrected chi connectivity index (χ3v) is 2.84. The van der Waals surface area contributed by atoms with E-state index in [4.69, 9.17) is 5.11 Å². The lowest BCUT2D eigenvalue weighted by atomic mass is 10.0. The molecule has 1 aromatic carbocycles. The molecule has 1 unspecified atom stereocenters. The lowest BCUT2D eigenvalue weighted by Gasteiger charge is -2.19. The first-order chi connectivity index (χ1) is 8.90. The van der Waals surface area contributed by atoms with Gasteiger partial charge in [-0.1, -0.05) is 25.1 Å². The highest BCUT2D eigenvalue weighted by Gasteiger charge is 2.16. The Kier molecular flexibility index (Phi) is 5.48. The maximum absolute atomic E-state index is 13.4. The van der Waals surface area contributed by atoms with Crippen LogP contribution in [0.1, 0.15) is 25.3 Å². The molecule has 19 heavy (non-hydrogen) atoms. The smallest absolute Gasteiger partial charge is 0.303 e. The highest BCUT2D eigenvalue weighted by Crippen LogP contribution is 2.13. The summed E-state index contributed by atoms with van der Waals surface area (Å²) in [5.41, 5.74) is 0.448. The number of carbonyl (C=O) groups is 2. The average molecular weight is 267 g/mol. The minimum atomic E-state index is -0.919. The van der Waals surface area contributed by atoms with Gasteiger partial charge in [-0.15, -0.1) is 0 Å². The van der Waals surface area contributed by atoms with Crippen molar-refractivity contribution in [3.63, 3.8) is 0 Å². The summed E-state index contributed by atoms with van der Waals surface area (Å²) in [7, 11) is 1.59. The second kappa shape index (κ2) is 6.87. The first-order valence-electron chi connectivity index (χ1n) is 6.09. The third kappa shape index (κ3) is 5.07. The van der Waals surface area contributed by atoms with Gasteiger partial charge in [-0.05, 0) is 12.0 Å². The molecule has 1 atom stereocenters. The van der Waals surface area contributed by atoms with Gasteiger partial charge in [-0.3, -0.25) is 9.59 Å². The number of carboxylic acids is 1. The fourth-order valence-corrected chi connectivity index (χ4v) is 1.79. The molecular weight excluding hydrogens is 249 g/mol. The van der Waals surface area contributed by atoms with Crippen molar-refractivity contribution in [3.8, 4) is 0 Å². The van der Waals surface area contributed by atoms with Crippen LogP contribution in [0.25, 0.3) is 0 Å². The lowest BCUT2D eigenvalue weighted by molar-refractivity contribution is -0.138. The number of halogens is 1. The molecule has 5 heteroatoms. The maximum Gasteiger partial charge on any atom is 0.303 e. The first kappa shape index (κ1) is 15.1. The van der Waals surface area contributed by atoms with Crippen molar-refractivity contribution in [2.45, 2.75) is 26.3 Å². The van der Waals surface area contributed by atoms with E-state index in [1.165, 1.54) is 11.0 Å². The standard InChI is InChI=1S/C14H18FNO3/c1-10(8-14(18)19)7-13(17)16(2)9-11-5-3-4-6-12(11)15/h3-6,10H,7-9H2,1-2H3,(H,18,19). The van der Waals surface area contributed by atoms with Crippen LogP contribution in [0.2, 0.25) is 0 Å². The van der Waals surface area contributed by atoms with E-state index in [1.807, 2.05) is 0 Å².